The second-order valence-corrected chi connectivity index (χ2v) is 5.07. The third-order valence-electron chi connectivity index (χ3n) is 3.13. The van der Waals surface area contributed by atoms with Crippen LogP contribution in [0.3, 0.4) is 0 Å². The summed E-state index contributed by atoms with van der Waals surface area (Å²) in [5.41, 5.74) is 1.25. The minimum atomic E-state index is -0.348. The lowest BCUT2D eigenvalue weighted by Crippen LogP contribution is -2.18. The lowest BCUT2D eigenvalue weighted by atomic mass is 10.0. The molecular formula is C16H18O2S. The van der Waals surface area contributed by atoms with Gasteiger partial charge in [-0.3, -0.25) is 4.79 Å². The van der Waals surface area contributed by atoms with Gasteiger partial charge in [-0.25, -0.2) is 0 Å². The molecule has 0 heterocycles. The molecule has 0 N–H and O–H groups in total. The SMILES string of the molecule is CCOC(=O)C(S)CCc1cccc2ccccc12. The van der Waals surface area contributed by atoms with E-state index in [2.05, 4.69) is 43.0 Å². The van der Waals surface area contributed by atoms with E-state index in [4.69, 9.17) is 4.74 Å². The normalized spacial score (nSPS) is 12.3. The van der Waals surface area contributed by atoms with Crippen LogP contribution in [0.5, 0.6) is 0 Å². The molecule has 0 amide bonds. The summed E-state index contributed by atoms with van der Waals surface area (Å²) in [6, 6.07) is 14.5. The van der Waals surface area contributed by atoms with Gasteiger partial charge in [0.25, 0.3) is 0 Å². The molecule has 2 rings (SSSR count). The van der Waals surface area contributed by atoms with Crippen molar-refractivity contribution in [1.29, 1.82) is 0 Å². The van der Waals surface area contributed by atoms with E-state index in [9.17, 15) is 4.79 Å². The van der Waals surface area contributed by atoms with Crippen LogP contribution in [-0.4, -0.2) is 17.8 Å². The number of carbonyl (C=O) groups excluding carboxylic acids is 1. The molecule has 0 radical (unpaired) electrons. The smallest absolute Gasteiger partial charge is 0.318 e. The molecule has 0 aliphatic heterocycles. The van der Waals surface area contributed by atoms with Gasteiger partial charge in [0.05, 0.1) is 11.9 Å². The van der Waals surface area contributed by atoms with Crippen molar-refractivity contribution in [3.8, 4) is 0 Å². The second-order valence-electron chi connectivity index (χ2n) is 4.44. The van der Waals surface area contributed by atoms with Crippen LogP contribution in [0, 0.1) is 0 Å². The van der Waals surface area contributed by atoms with Crippen molar-refractivity contribution in [3.63, 3.8) is 0 Å². The number of thiol groups is 1. The first-order chi connectivity index (χ1) is 9.22. The van der Waals surface area contributed by atoms with Crippen LogP contribution < -0.4 is 0 Å². The summed E-state index contributed by atoms with van der Waals surface area (Å²) < 4.78 is 4.96. The molecule has 0 fully saturated rings. The van der Waals surface area contributed by atoms with E-state index >= 15 is 0 Å². The summed E-state index contributed by atoms with van der Waals surface area (Å²) in [5.74, 6) is -0.230. The molecule has 2 nitrogen and oxygen atoms in total. The highest BCUT2D eigenvalue weighted by molar-refractivity contribution is 7.81. The molecule has 2 aromatic rings. The zero-order valence-electron chi connectivity index (χ0n) is 11.0. The molecule has 3 heteroatoms. The number of hydrogen-bond donors (Lipinski definition) is 1. The van der Waals surface area contributed by atoms with E-state index in [0.717, 1.165) is 6.42 Å². The highest BCUT2D eigenvalue weighted by Crippen LogP contribution is 2.21. The summed E-state index contributed by atoms with van der Waals surface area (Å²) in [4.78, 5) is 11.5. The summed E-state index contributed by atoms with van der Waals surface area (Å²) in [5, 5.41) is 2.13. The van der Waals surface area contributed by atoms with E-state index in [0.29, 0.717) is 13.0 Å². The van der Waals surface area contributed by atoms with Crippen LogP contribution in [0.15, 0.2) is 42.5 Å². The fourth-order valence-electron chi connectivity index (χ4n) is 2.16. The largest absolute Gasteiger partial charge is 0.465 e. The minimum absolute atomic E-state index is 0.230. The molecule has 0 aromatic heterocycles. The topological polar surface area (TPSA) is 26.3 Å². The molecule has 2 aromatic carbocycles. The van der Waals surface area contributed by atoms with E-state index in [1.165, 1.54) is 16.3 Å². The molecular weight excluding hydrogens is 256 g/mol. The van der Waals surface area contributed by atoms with Gasteiger partial charge in [-0.2, -0.15) is 12.6 Å². The van der Waals surface area contributed by atoms with Gasteiger partial charge in [0, 0.05) is 0 Å². The molecule has 0 aliphatic carbocycles. The summed E-state index contributed by atoms with van der Waals surface area (Å²) >= 11 is 4.31. The predicted octanol–water partition coefficient (Wildman–Crippen LogP) is 3.63. The zero-order chi connectivity index (χ0) is 13.7. The van der Waals surface area contributed by atoms with Gasteiger partial charge in [0.2, 0.25) is 0 Å². The molecule has 0 spiro atoms. The second kappa shape index (κ2) is 6.62. The fourth-order valence-corrected chi connectivity index (χ4v) is 2.36. The Labute approximate surface area is 119 Å². The van der Waals surface area contributed by atoms with E-state index in [1.807, 2.05) is 19.1 Å². The molecule has 0 saturated carbocycles. The maximum absolute atomic E-state index is 11.5. The van der Waals surface area contributed by atoms with Crippen molar-refractivity contribution in [2.45, 2.75) is 25.0 Å². The van der Waals surface area contributed by atoms with Crippen LogP contribution in [0.4, 0.5) is 0 Å². The van der Waals surface area contributed by atoms with Crippen LogP contribution in [0.1, 0.15) is 18.9 Å². The van der Waals surface area contributed by atoms with E-state index in [-0.39, 0.29) is 11.2 Å². The first-order valence-corrected chi connectivity index (χ1v) is 7.05. The highest BCUT2D eigenvalue weighted by Gasteiger charge is 2.15. The molecule has 100 valence electrons. The van der Waals surface area contributed by atoms with Gasteiger partial charge in [-0.1, -0.05) is 42.5 Å². The number of ether oxygens (including phenoxy) is 1. The molecule has 1 atom stereocenters. The Morgan fingerprint density at radius 3 is 2.74 bits per heavy atom. The lowest BCUT2D eigenvalue weighted by Gasteiger charge is -2.11. The predicted molar refractivity (Wildman–Crippen MR) is 81.7 cm³/mol. The Hall–Kier alpha value is -1.48. The van der Waals surface area contributed by atoms with Gasteiger partial charge in [0.1, 0.15) is 0 Å². The monoisotopic (exact) mass is 274 g/mol. The number of esters is 1. The van der Waals surface area contributed by atoms with Crippen molar-refractivity contribution < 1.29 is 9.53 Å². The van der Waals surface area contributed by atoms with Crippen molar-refractivity contribution >= 4 is 29.4 Å². The van der Waals surface area contributed by atoms with Gasteiger partial charge >= 0.3 is 5.97 Å². The Morgan fingerprint density at radius 2 is 1.95 bits per heavy atom. The maximum Gasteiger partial charge on any atom is 0.318 e. The first-order valence-electron chi connectivity index (χ1n) is 6.53. The molecule has 1 unspecified atom stereocenters. The molecule has 0 bridgehead atoms. The Kier molecular flexibility index (Phi) is 4.86. The van der Waals surface area contributed by atoms with Crippen LogP contribution in [-0.2, 0) is 16.0 Å². The standard InChI is InChI=1S/C16H18O2S/c1-2-18-16(17)15(19)11-10-13-8-5-7-12-6-3-4-9-14(12)13/h3-9,15,19H,2,10-11H2,1H3. The quantitative estimate of drug-likeness (QED) is 0.665. The van der Waals surface area contributed by atoms with Gasteiger partial charge in [-0.15, -0.1) is 0 Å². The molecule has 0 aliphatic rings. The number of carbonyl (C=O) groups is 1. The summed E-state index contributed by atoms with van der Waals surface area (Å²) in [6.45, 7) is 2.22. The maximum atomic E-state index is 11.5. The zero-order valence-corrected chi connectivity index (χ0v) is 11.9. The van der Waals surface area contributed by atoms with Crippen molar-refractivity contribution in [1.82, 2.24) is 0 Å². The van der Waals surface area contributed by atoms with Gasteiger partial charge in [-0.05, 0) is 36.1 Å². The summed E-state index contributed by atoms with van der Waals surface area (Å²) in [7, 11) is 0. The Balaban J connectivity index is 2.08. The number of aryl methyl sites for hydroxylation is 1. The average Bonchev–Trinajstić information content (AvgIpc) is 2.45. The third kappa shape index (κ3) is 3.51. The fraction of sp³-hybridized carbons (Fsp3) is 0.312. The molecule has 19 heavy (non-hydrogen) atoms. The highest BCUT2D eigenvalue weighted by atomic mass is 32.1. The van der Waals surface area contributed by atoms with Crippen LogP contribution in [0.25, 0.3) is 10.8 Å². The van der Waals surface area contributed by atoms with Crippen molar-refractivity contribution in [3.05, 3.63) is 48.0 Å². The Morgan fingerprint density at radius 1 is 1.21 bits per heavy atom. The summed E-state index contributed by atoms with van der Waals surface area (Å²) in [6.07, 6.45) is 1.52. The van der Waals surface area contributed by atoms with Crippen LogP contribution >= 0.6 is 12.6 Å². The Bertz CT molecular complexity index is 560. The lowest BCUT2D eigenvalue weighted by molar-refractivity contribution is -0.142. The number of hydrogen-bond acceptors (Lipinski definition) is 3. The number of benzene rings is 2. The van der Waals surface area contributed by atoms with E-state index in [1.54, 1.807) is 0 Å². The third-order valence-corrected chi connectivity index (χ3v) is 3.59. The number of rotatable bonds is 5. The first kappa shape index (κ1) is 13.9. The minimum Gasteiger partial charge on any atom is -0.465 e. The average molecular weight is 274 g/mol. The van der Waals surface area contributed by atoms with Crippen molar-refractivity contribution in [2.24, 2.45) is 0 Å². The molecule has 0 saturated heterocycles. The van der Waals surface area contributed by atoms with Crippen molar-refractivity contribution in [2.75, 3.05) is 6.61 Å². The number of fused-ring (bicyclic) bond motifs is 1. The van der Waals surface area contributed by atoms with Gasteiger partial charge in [0.15, 0.2) is 0 Å². The van der Waals surface area contributed by atoms with Crippen LogP contribution in [0.2, 0.25) is 0 Å². The van der Waals surface area contributed by atoms with Gasteiger partial charge < -0.3 is 4.74 Å². The van der Waals surface area contributed by atoms with E-state index < -0.39 is 0 Å².